The monoisotopic (exact) mass is 496 g/mol. The molecule has 0 saturated heterocycles. The second-order valence-electron chi connectivity index (χ2n) is 9.84. The van der Waals surface area contributed by atoms with Crippen molar-refractivity contribution in [1.29, 1.82) is 0 Å². The second kappa shape index (κ2) is 14.8. The number of likely N-dealkylation sites (N-methyl/N-ethyl adjacent to an activating group) is 1. The van der Waals surface area contributed by atoms with Crippen LogP contribution in [0.5, 0.6) is 11.5 Å². The van der Waals surface area contributed by atoms with Crippen LogP contribution in [0.2, 0.25) is 0 Å². The number of hydrogen-bond acceptors (Lipinski definition) is 7. The van der Waals surface area contributed by atoms with E-state index in [9.17, 15) is 9.59 Å². The van der Waals surface area contributed by atoms with Crippen LogP contribution < -0.4 is 14.8 Å². The van der Waals surface area contributed by atoms with Crippen molar-refractivity contribution in [2.75, 3.05) is 41.6 Å². The quantitative estimate of drug-likeness (QED) is 0.304. The Labute approximate surface area is 210 Å². The van der Waals surface area contributed by atoms with E-state index in [2.05, 4.69) is 19.2 Å². The molecule has 0 fully saturated rings. The van der Waals surface area contributed by atoms with Crippen LogP contribution in [0, 0.1) is 11.8 Å². The minimum atomic E-state index is -0.801. The Morgan fingerprint density at radius 2 is 1.74 bits per heavy atom. The standard InChI is InChI=1S/C26H44N2O7/c1-18(2)20(15-19-11-12-22(32-8)23(16-19)34-14-10-13-31-7)17-21(24(29)28(6)33-9)27-25(30)35-26(3,4)5/h11-12,16,18,20-21H,10,13-15,17H2,1-9H3,(H,27,30). The van der Waals surface area contributed by atoms with E-state index < -0.39 is 17.7 Å². The molecule has 0 aliphatic rings. The molecule has 9 nitrogen and oxygen atoms in total. The van der Waals surface area contributed by atoms with Gasteiger partial charge < -0.3 is 24.3 Å². The zero-order chi connectivity index (χ0) is 26.6. The lowest BCUT2D eigenvalue weighted by atomic mass is 9.84. The number of benzene rings is 1. The molecule has 0 bridgehead atoms. The number of hydroxylamine groups is 2. The molecule has 0 aromatic heterocycles. The van der Waals surface area contributed by atoms with Gasteiger partial charge in [-0.15, -0.1) is 0 Å². The number of nitrogens with one attached hydrogen (secondary N) is 1. The SMILES string of the molecule is COCCCOc1cc(CC(CC(NC(=O)OC(C)(C)C)C(=O)N(C)OC)C(C)C)ccc1OC. The highest BCUT2D eigenvalue weighted by molar-refractivity contribution is 5.84. The van der Waals surface area contributed by atoms with Gasteiger partial charge in [-0.25, -0.2) is 9.86 Å². The first-order chi connectivity index (χ1) is 16.4. The molecule has 1 aromatic rings. The smallest absolute Gasteiger partial charge is 0.408 e. The lowest BCUT2D eigenvalue weighted by Crippen LogP contribution is -2.49. The number of carbonyl (C=O) groups is 2. The summed E-state index contributed by atoms with van der Waals surface area (Å²) in [6, 6.07) is 5.06. The topological polar surface area (TPSA) is 95.6 Å². The summed E-state index contributed by atoms with van der Waals surface area (Å²) in [5.41, 5.74) is 0.375. The molecule has 1 N–H and O–H groups in total. The number of methoxy groups -OCH3 is 2. The average molecular weight is 497 g/mol. The fraction of sp³-hybridized carbons (Fsp3) is 0.692. The minimum absolute atomic E-state index is 0.0823. The van der Waals surface area contributed by atoms with Crippen molar-refractivity contribution in [2.45, 2.75) is 65.5 Å². The molecular formula is C26H44N2O7. The van der Waals surface area contributed by atoms with E-state index in [1.165, 1.54) is 14.2 Å². The maximum Gasteiger partial charge on any atom is 0.408 e. The van der Waals surface area contributed by atoms with Gasteiger partial charge in [-0.3, -0.25) is 9.63 Å². The fourth-order valence-corrected chi connectivity index (χ4v) is 3.52. The van der Waals surface area contributed by atoms with Crippen molar-refractivity contribution < 1.29 is 33.4 Å². The number of ether oxygens (including phenoxy) is 4. The average Bonchev–Trinajstić information content (AvgIpc) is 2.78. The van der Waals surface area contributed by atoms with Gasteiger partial charge in [0.2, 0.25) is 0 Å². The minimum Gasteiger partial charge on any atom is -0.493 e. The summed E-state index contributed by atoms with van der Waals surface area (Å²) in [5.74, 6) is 1.31. The molecule has 35 heavy (non-hydrogen) atoms. The van der Waals surface area contributed by atoms with Crippen molar-refractivity contribution in [3.8, 4) is 11.5 Å². The molecule has 0 saturated carbocycles. The third-order valence-corrected chi connectivity index (χ3v) is 5.53. The van der Waals surface area contributed by atoms with Gasteiger partial charge in [-0.2, -0.15) is 0 Å². The highest BCUT2D eigenvalue weighted by Crippen LogP contribution is 2.31. The van der Waals surface area contributed by atoms with Crippen LogP contribution in [0.4, 0.5) is 4.79 Å². The van der Waals surface area contributed by atoms with E-state index >= 15 is 0 Å². The molecule has 0 aliphatic heterocycles. The first-order valence-electron chi connectivity index (χ1n) is 12.0. The van der Waals surface area contributed by atoms with Gasteiger partial charge >= 0.3 is 6.09 Å². The van der Waals surface area contributed by atoms with Crippen LogP contribution in [0.25, 0.3) is 0 Å². The van der Waals surface area contributed by atoms with Crippen LogP contribution in [0.3, 0.4) is 0 Å². The summed E-state index contributed by atoms with van der Waals surface area (Å²) in [7, 11) is 6.20. The molecular weight excluding hydrogens is 452 g/mol. The van der Waals surface area contributed by atoms with Crippen LogP contribution >= 0.6 is 0 Å². The molecule has 200 valence electrons. The Morgan fingerprint density at radius 3 is 2.29 bits per heavy atom. The number of alkyl carbamates (subject to hydrolysis) is 1. The molecule has 2 atom stereocenters. The number of hydrogen-bond donors (Lipinski definition) is 1. The van der Waals surface area contributed by atoms with Crippen molar-refractivity contribution in [1.82, 2.24) is 10.4 Å². The van der Waals surface area contributed by atoms with Crippen LogP contribution in [0.15, 0.2) is 18.2 Å². The Morgan fingerprint density at radius 1 is 1.06 bits per heavy atom. The van der Waals surface area contributed by atoms with Gasteiger partial charge in [0.05, 0.1) is 20.8 Å². The van der Waals surface area contributed by atoms with Crippen LogP contribution in [-0.2, 0) is 25.5 Å². The van der Waals surface area contributed by atoms with Crippen molar-refractivity contribution in [3.05, 3.63) is 23.8 Å². The fourth-order valence-electron chi connectivity index (χ4n) is 3.52. The van der Waals surface area contributed by atoms with Gasteiger partial charge in [0.25, 0.3) is 5.91 Å². The molecule has 1 aromatic carbocycles. The molecule has 2 unspecified atom stereocenters. The van der Waals surface area contributed by atoms with E-state index in [0.29, 0.717) is 37.6 Å². The maximum absolute atomic E-state index is 13.0. The normalized spacial score (nSPS) is 13.2. The highest BCUT2D eigenvalue weighted by Gasteiger charge is 2.30. The third-order valence-electron chi connectivity index (χ3n) is 5.53. The lowest BCUT2D eigenvalue weighted by Gasteiger charge is -2.29. The van der Waals surface area contributed by atoms with Gasteiger partial charge in [0.1, 0.15) is 11.6 Å². The predicted molar refractivity (Wildman–Crippen MR) is 135 cm³/mol. The zero-order valence-electron chi connectivity index (χ0n) is 22.8. The van der Waals surface area contributed by atoms with Crippen molar-refractivity contribution in [3.63, 3.8) is 0 Å². The summed E-state index contributed by atoms with van der Waals surface area (Å²) in [6.45, 7) is 10.7. The number of amides is 2. The summed E-state index contributed by atoms with van der Waals surface area (Å²) in [6.07, 6.45) is 1.23. The Balaban J connectivity index is 3.07. The largest absolute Gasteiger partial charge is 0.493 e. The van der Waals surface area contributed by atoms with Crippen LogP contribution in [-0.4, -0.2) is 70.3 Å². The van der Waals surface area contributed by atoms with E-state index in [1.807, 2.05) is 18.2 Å². The molecule has 9 heteroatoms. The van der Waals surface area contributed by atoms with Crippen LogP contribution in [0.1, 0.15) is 53.0 Å². The maximum atomic E-state index is 13.0. The molecule has 0 heterocycles. The van der Waals surface area contributed by atoms with Gasteiger partial charge in [-0.05, 0) is 63.1 Å². The molecule has 0 radical (unpaired) electrons. The zero-order valence-corrected chi connectivity index (χ0v) is 22.8. The predicted octanol–water partition coefficient (Wildman–Crippen LogP) is 4.23. The number of rotatable bonds is 14. The first kappa shape index (κ1) is 30.5. The highest BCUT2D eigenvalue weighted by atomic mass is 16.7. The summed E-state index contributed by atoms with van der Waals surface area (Å²) in [5, 5.41) is 3.86. The van der Waals surface area contributed by atoms with Crippen molar-refractivity contribution >= 4 is 12.0 Å². The van der Waals surface area contributed by atoms with E-state index in [0.717, 1.165) is 17.0 Å². The Bertz CT molecular complexity index is 792. The first-order valence-corrected chi connectivity index (χ1v) is 12.0. The summed E-state index contributed by atoms with van der Waals surface area (Å²) in [4.78, 5) is 30.5. The number of nitrogens with zero attached hydrogens (tertiary/aromatic N) is 1. The van der Waals surface area contributed by atoms with E-state index in [1.54, 1.807) is 35.0 Å². The van der Waals surface area contributed by atoms with E-state index in [4.69, 9.17) is 23.8 Å². The molecule has 0 aliphatic carbocycles. The summed E-state index contributed by atoms with van der Waals surface area (Å²) < 4.78 is 21.8. The van der Waals surface area contributed by atoms with Gasteiger partial charge in [-0.1, -0.05) is 19.9 Å². The summed E-state index contributed by atoms with van der Waals surface area (Å²) >= 11 is 0. The molecule has 2 amide bonds. The van der Waals surface area contributed by atoms with Gasteiger partial charge in [0.15, 0.2) is 11.5 Å². The molecule has 0 spiro atoms. The third kappa shape index (κ3) is 11.2. The second-order valence-corrected chi connectivity index (χ2v) is 9.84. The van der Waals surface area contributed by atoms with E-state index in [-0.39, 0.29) is 17.7 Å². The molecule has 1 rings (SSSR count). The van der Waals surface area contributed by atoms with Crippen molar-refractivity contribution in [2.24, 2.45) is 11.8 Å². The Hall–Kier alpha value is -2.52. The Kier molecular flexibility index (Phi) is 12.9. The lowest BCUT2D eigenvalue weighted by molar-refractivity contribution is -0.171. The van der Waals surface area contributed by atoms with Gasteiger partial charge in [0, 0.05) is 27.2 Å². The number of carbonyl (C=O) groups excluding carboxylic acids is 2.